The summed E-state index contributed by atoms with van der Waals surface area (Å²) < 4.78 is 46.9. The molecular formula is C14H7ClF3N3O2. The molecule has 0 saturated carbocycles. The van der Waals surface area contributed by atoms with Crippen LogP contribution in [0.25, 0.3) is 17.0 Å². The summed E-state index contributed by atoms with van der Waals surface area (Å²) in [5.74, 6) is -4.62. The number of benzene rings is 1. The Balaban J connectivity index is 2.29. The summed E-state index contributed by atoms with van der Waals surface area (Å²) in [6.45, 7) is 0. The van der Waals surface area contributed by atoms with Crippen molar-refractivity contribution in [2.45, 2.75) is 0 Å². The van der Waals surface area contributed by atoms with Crippen molar-refractivity contribution in [1.82, 2.24) is 14.6 Å². The van der Waals surface area contributed by atoms with Gasteiger partial charge in [-0.15, -0.1) is 10.2 Å². The third-order valence-corrected chi connectivity index (χ3v) is 3.56. The van der Waals surface area contributed by atoms with Crippen LogP contribution in [0.3, 0.4) is 0 Å². The first kappa shape index (κ1) is 15.3. The highest BCUT2D eigenvalue weighted by molar-refractivity contribution is 6.36. The molecule has 0 aliphatic rings. The number of methoxy groups -OCH3 is 1. The second-order valence-electron chi connectivity index (χ2n) is 4.47. The number of aromatic nitrogens is 3. The number of hydrogen-bond acceptors (Lipinski definition) is 4. The predicted molar refractivity (Wildman–Crippen MR) is 74.6 cm³/mol. The molecule has 0 aliphatic heterocycles. The Morgan fingerprint density at radius 2 is 1.87 bits per heavy atom. The van der Waals surface area contributed by atoms with Crippen molar-refractivity contribution in [3.8, 4) is 11.4 Å². The van der Waals surface area contributed by atoms with Gasteiger partial charge in [0.1, 0.15) is 10.8 Å². The average Bonchev–Trinajstić information content (AvgIpc) is 2.96. The van der Waals surface area contributed by atoms with E-state index < -0.39 is 29.0 Å². The van der Waals surface area contributed by atoms with Gasteiger partial charge >= 0.3 is 5.97 Å². The maximum Gasteiger partial charge on any atom is 0.339 e. The van der Waals surface area contributed by atoms with Gasteiger partial charge in [0.05, 0.1) is 18.2 Å². The first-order valence-electron chi connectivity index (χ1n) is 6.21. The summed E-state index contributed by atoms with van der Waals surface area (Å²) in [7, 11) is 1.18. The van der Waals surface area contributed by atoms with Gasteiger partial charge in [-0.25, -0.2) is 18.0 Å². The van der Waals surface area contributed by atoms with Crippen LogP contribution in [0.2, 0.25) is 5.02 Å². The Morgan fingerprint density at radius 1 is 1.17 bits per heavy atom. The zero-order valence-corrected chi connectivity index (χ0v) is 12.2. The average molecular weight is 342 g/mol. The molecule has 2 heterocycles. The Labute approximate surface area is 132 Å². The fraction of sp³-hybridized carbons (Fsp3) is 0.0714. The number of fused-ring (bicyclic) bond motifs is 1. The van der Waals surface area contributed by atoms with E-state index >= 15 is 0 Å². The highest BCUT2D eigenvalue weighted by atomic mass is 35.5. The lowest BCUT2D eigenvalue weighted by molar-refractivity contribution is 0.0601. The van der Waals surface area contributed by atoms with Crippen LogP contribution in [-0.4, -0.2) is 27.7 Å². The minimum Gasteiger partial charge on any atom is -0.465 e. The highest BCUT2D eigenvalue weighted by Gasteiger charge is 2.23. The molecule has 23 heavy (non-hydrogen) atoms. The molecule has 3 rings (SSSR count). The van der Waals surface area contributed by atoms with Crippen molar-refractivity contribution in [3.05, 3.63) is 52.4 Å². The smallest absolute Gasteiger partial charge is 0.339 e. The van der Waals surface area contributed by atoms with E-state index in [1.54, 1.807) is 0 Å². The molecule has 0 atom stereocenters. The maximum atomic E-state index is 13.9. The Kier molecular flexibility index (Phi) is 3.69. The van der Waals surface area contributed by atoms with Gasteiger partial charge < -0.3 is 4.74 Å². The third kappa shape index (κ3) is 2.31. The number of halogens is 4. The SMILES string of the molecule is COC(=O)c1ccn2c(-c3c(F)ccc(F)c3F)nnc2c1Cl. The van der Waals surface area contributed by atoms with E-state index in [9.17, 15) is 18.0 Å². The van der Waals surface area contributed by atoms with Gasteiger partial charge in [0, 0.05) is 6.20 Å². The molecule has 0 unspecified atom stereocenters. The maximum absolute atomic E-state index is 13.9. The Hall–Kier alpha value is -2.61. The van der Waals surface area contributed by atoms with Crippen molar-refractivity contribution in [1.29, 1.82) is 0 Å². The summed E-state index contributed by atoms with van der Waals surface area (Å²) in [4.78, 5) is 11.6. The molecule has 2 aromatic heterocycles. The van der Waals surface area contributed by atoms with E-state index in [1.807, 2.05) is 0 Å². The van der Waals surface area contributed by atoms with E-state index in [-0.39, 0.29) is 22.1 Å². The van der Waals surface area contributed by atoms with Crippen LogP contribution in [0.4, 0.5) is 13.2 Å². The van der Waals surface area contributed by atoms with E-state index in [0.717, 1.165) is 10.5 Å². The van der Waals surface area contributed by atoms with Crippen molar-refractivity contribution >= 4 is 23.2 Å². The van der Waals surface area contributed by atoms with Crippen LogP contribution in [0.1, 0.15) is 10.4 Å². The summed E-state index contributed by atoms with van der Waals surface area (Å²) in [6.07, 6.45) is 1.28. The zero-order valence-electron chi connectivity index (χ0n) is 11.5. The van der Waals surface area contributed by atoms with Crippen LogP contribution in [0.5, 0.6) is 0 Å². The number of nitrogens with zero attached hydrogens (tertiary/aromatic N) is 3. The first-order chi connectivity index (χ1) is 11.0. The van der Waals surface area contributed by atoms with Crippen molar-refractivity contribution in [2.24, 2.45) is 0 Å². The lowest BCUT2D eigenvalue weighted by Gasteiger charge is -2.06. The van der Waals surface area contributed by atoms with Crippen LogP contribution in [0.15, 0.2) is 24.4 Å². The Bertz CT molecular complexity index is 943. The molecule has 0 radical (unpaired) electrons. The quantitative estimate of drug-likeness (QED) is 0.530. The fourth-order valence-corrected chi connectivity index (χ4v) is 2.36. The van der Waals surface area contributed by atoms with E-state index in [1.165, 1.54) is 19.4 Å². The summed E-state index contributed by atoms with van der Waals surface area (Å²) in [5.41, 5.74) is -0.687. The van der Waals surface area contributed by atoms with Crippen molar-refractivity contribution in [3.63, 3.8) is 0 Å². The molecule has 0 spiro atoms. The molecule has 0 aliphatic carbocycles. The number of hydrogen-bond donors (Lipinski definition) is 0. The van der Waals surface area contributed by atoms with E-state index in [2.05, 4.69) is 14.9 Å². The van der Waals surface area contributed by atoms with Gasteiger partial charge in [-0.3, -0.25) is 4.40 Å². The molecule has 3 aromatic rings. The molecule has 1 aromatic carbocycles. The van der Waals surface area contributed by atoms with E-state index in [0.29, 0.717) is 6.07 Å². The lowest BCUT2D eigenvalue weighted by atomic mass is 10.1. The summed E-state index contributed by atoms with van der Waals surface area (Å²) in [5, 5.41) is 7.24. The largest absolute Gasteiger partial charge is 0.465 e. The van der Waals surface area contributed by atoms with E-state index in [4.69, 9.17) is 11.6 Å². The summed E-state index contributed by atoms with van der Waals surface area (Å²) >= 11 is 6.04. The van der Waals surface area contributed by atoms with Crippen molar-refractivity contribution < 1.29 is 22.7 Å². The highest BCUT2D eigenvalue weighted by Crippen LogP contribution is 2.29. The number of rotatable bonds is 2. The number of carbonyl (C=O) groups excluding carboxylic acids is 1. The molecule has 0 bridgehead atoms. The van der Waals surface area contributed by atoms with Gasteiger partial charge in [-0.2, -0.15) is 0 Å². The molecule has 9 heteroatoms. The monoisotopic (exact) mass is 341 g/mol. The van der Waals surface area contributed by atoms with Crippen LogP contribution >= 0.6 is 11.6 Å². The molecular weight excluding hydrogens is 335 g/mol. The third-order valence-electron chi connectivity index (χ3n) is 3.19. The molecule has 0 saturated heterocycles. The minimum atomic E-state index is -1.40. The van der Waals surface area contributed by atoms with Crippen LogP contribution in [-0.2, 0) is 4.74 Å². The van der Waals surface area contributed by atoms with Crippen molar-refractivity contribution in [2.75, 3.05) is 7.11 Å². The van der Waals surface area contributed by atoms with Gasteiger partial charge in [0.2, 0.25) is 0 Å². The number of carbonyl (C=O) groups is 1. The number of ether oxygens (including phenoxy) is 1. The van der Waals surface area contributed by atoms with Crippen LogP contribution in [0, 0.1) is 17.5 Å². The number of esters is 1. The number of pyridine rings is 1. The summed E-state index contributed by atoms with van der Waals surface area (Å²) in [6, 6.07) is 2.72. The van der Waals surface area contributed by atoms with Gasteiger partial charge in [0.25, 0.3) is 0 Å². The standard InChI is InChI=1S/C14H7ClF3N3O2/c1-23-14(22)6-4-5-21-12(19-20-13(21)10(6)15)9-7(16)2-3-8(17)11(9)18/h2-5H,1H3. The second-order valence-corrected chi connectivity index (χ2v) is 4.85. The molecule has 5 nitrogen and oxygen atoms in total. The second kappa shape index (κ2) is 5.54. The van der Waals surface area contributed by atoms with Crippen LogP contribution < -0.4 is 0 Å². The molecule has 0 amide bonds. The fourth-order valence-electron chi connectivity index (χ4n) is 2.10. The minimum absolute atomic E-state index is 0.0146. The molecule has 0 fully saturated rings. The van der Waals surface area contributed by atoms with Gasteiger partial charge in [-0.05, 0) is 18.2 Å². The topological polar surface area (TPSA) is 56.5 Å². The Morgan fingerprint density at radius 3 is 2.57 bits per heavy atom. The molecule has 118 valence electrons. The van der Waals surface area contributed by atoms with Gasteiger partial charge in [-0.1, -0.05) is 11.6 Å². The lowest BCUT2D eigenvalue weighted by Crippen LogP contribution is -2.04. The van der Waals surface area contributed by atoms with Gasteiger partial charge in [0.15, 0.2) is 23.1 Å². The molecule has 0 N–H and O–H groups in total. The first-order valence-corrected chi connectivity index (χ1v) is 6.59. The predicted octanol–water partition coefficient (Wildman–Crippen LogP) is 3.25. The normalized spacial score (nSPS) is 11.0. The zero-order chi connectivity index (χ0) is 16.7.